The highest BCUT2D eigenvalue weighted by atomic mass is 16.5. The molecular weight excluding hydrogens is 470 g/mol. The first-order chi connectivity index (χ1) is 18.0. The number of H-pyrrole nitrogens is 1. The van der Waals surface area contributed by atoms with Gasteiger partial charge in [0.25, 0.3) is 0 Å². The van der Waals surface area contributed by atoms with Crippen LogP contribution >= 0.6 is 0 Å². The standard InChI is InChI=1S/C26H31N9O2/c1-16-22(27)26(15-37-16)5-8-34(9-6-26)20-14-29-21-23(30-20)31-32-24(21)35-11-10-33(2)19-13-17(3-4-18(19)35)25-28-7-12-36-25/h3-4,7,12-14,16,22H,5-6,8-11,15,27H2,1-2H3,(H,30,31,32)/t16-,22+/m0/s1. The molecule has 1 aromatic carbocycles. The van der Waals surface area contributed by atoms with Crippen molar-refractivity contribution in [3.05, 3.63) is 36.9 Å². The summed E-state index contributed by atoms with van der Waals surface area (Å²) in [6.45, 7) is 6.26. The number of benzene rings is 1. The van der Waals surface area contributed by atoms with Crippen LogP contribution in [0.15, 0.2) is 41.3 Å². The highest BCUT2D eigenvalue weighted by molar-refractivity contribution is 5.91. The van der Waals surface area contributed by atoms with Crippen LogP contribution in [0.3, 0.4) is 0 Å². The number of aromatic nitrogens is 5. The van der Waals surface area contributed by atoms with Crippen molar-refractivity contribution >= 4 is 34.2 Å². The third kappa shape index (κ3) is 3.56. The predicted octanol–water partition coefficient (Wildman–Crippen LogP) is 2.93. The third-order valence-corrected chi connectivity index (χ3v) is 8.44. The number of fused-ring (bicyclic) bond motifs is 2. The third-order valence-electron chi connectivity index (χ3n) is 8.44. The Morgan fingerprint density at radius 3 is 2.73 bits per heavy atom. The summed E-state index contributed by atoms with van der Waals surface area (Å²) in [6.07, 6.45) is 7.25. The number of likely N-dealkylation sites (N-methyl/N-ethyl adjacent to an activating group) is 1. The molecule has 3 aliphatic rings. The molecule has 11 heteroatoms. The molecule has 1 spiro atoms. The van der Waals surface area contributed by atoms with Crippen LogP contribution < -0.4 is 20.4 Å². The van der Waals surface area contributed by atoms with Crippen molar-refractivity contribution < 1.29 is 9.15 Å². The SMILES string of the molecule is C[C@@H]1OCC2(CCN(c3cnc4c(N5CCN(C)c6cc(-c7ncco7)ccc65)n[nH]c4n3)CC2)[C@@H]1N. The lowest BCUT2D eigenvalue weighted by Gasteiger charge is -2.41. The average molecular weight is 502 g/mol. The maximum atomic E-state index is 6.50. The van der Waals surface area contributed by atoms with E-state index in [2.05, 4.69) is 56.0 Å². The molecule has 3 aromatic heterocycles. The van der Waals surface area contributed by atoms with E-state index in [1.807, 2.05) is 12.3 Å². The van der Waals surface area contributed by atoms with Crippen LogP contribution in [0, 0.1) is 5.41 Å². The van der Waals surface area contributed by atoms with Gasteiger partial charge in [0.05, 0.1) is 36.5 Å². The van der Waals surface area contributed by atoms with Gasteiger partial charge in [-0.05, 0) is 38.0 Å². The van der Waals surface area contributed by atoms with E-state index >= 15 is 0 Å². The molecule has 37 heavy (non-hydrogen) atoms. The van der Waals surface area contributed by atoms with Gasteiger partial charge in [0.1, 0.15) is 12.1 Å². The Balaban J connectivity index is 1.15. The van der Waals surface area contributed by atoms with Crippen molar-refractivity contribution in [2.24, 2.45) is 11.1 Å². The van der Waals surface area contributed by atoms with Crippen LogP contribution in [-0.4, -0.2) is 77.1 Å². The molecule has 2 atom stereocenters. The summed E-state index contributed by atoms with van der Waals surface area (Å²) in [4.78, 5) is 20.8. The number of ether oxygens (including phenoxy) is 1. The van der Waals surface area contributed by atoms with Crippen molar-refractivity contribution in [1.29, 1.82) is 0 Å². The minimum Gasteiger partial charge on any atom is -0.445 e. The molecular formula is C26H31N9O2. The Kier molecular flexibility index (Phi) is 5.12. The van der Waals surface area contributed by atoms with Gasteiger partial charge in [-0.3, -0.25) is 5.10 Å². The second kappa shape index (κ2) is 8.42. The number of anilines is 4. The molecule has 0 saturated carbocycles. The van der Waals surface area contributed by atoms with Crippen LogP contribution in [0.2, 0.25) is 0 Å². The highest BCUT2D eigenvalue weighted by Crippen LogP contribution is 2.43. The molecule has 4 aromatic rings. The van der Waals surface area contributed by atoms with Gasteiger partial charge >= 0.3 is 0 Å². The van der Waals surface area contributed by atoms with Crippen molar-refractivity contribution in [2.45, 2.75) is 31.9 Å². The van der Waals surface area contributed by atoms with Gasteiger partial charge in [-0.2, -0.15) is 5.10 Å². The van der Waals surface area contributed by atoms with Crippen molar-refractivity contribution in [3.8, 4) is 11.5 Å². The summed E-state index contributed by atoms with van der Waals surface area (Å²) in [5.74, 6) is 2.26. The smallest absolute Gasteiger partial charge is 0.225 e. The normalized spacial score (nSPS) is 23.3. The molecule has 11 nitrogen and oxygen atoms in total. The summed E-state index contributed by atoms with van der Waals surface area (Å²) < 4.78 is 11.4. The number of nitrogens with two attached hydrogens (primary N) is 1. The fourth-order valence-corrected chi connectivity index (χ4v) is 6.04. The van der Waals surface area contributed by atoms with Gasteiger partial charge < -0.3 is 29.6 Å². The molecule has 2 fully saturated rings. The number of rotatable bonds is 3. The highest BCUT2D eigenvalue weighted by Gasteiger charge is 2.47. The maximum Gasteiger partial charge on any atom is 0.225 e. The minimum atomic E-state index is 0.0796. The lowest BCUT2D eigenvalue weighted by atomic mass is 9.73. The molecule has 6 heterocycles. The molecule has 192 valence electrons. The Morgan fingerprint density at radius 2 is 1.97 bits per heavy atom. The first kappa shape index (κ1) is 22.5. The number of piperidine rings is 1. The molecule has 0 unspecified atom stereocenters. The second-order valence-electron chi connectivity index (χ2n) is 10.5. The van der Waals surface area contributed by atoms with Gasteiger partial charge in [-0.25, -0.2) is 15.0 Å². The molecule has 0 amide bonds. The Hall–Kier alpha value is -3.70. The number of nitrogens with one attached hydrogen (secondary N) is 1. The second-order valence-corrected chi connectivity index (χ2v) is 10.5. The van der Waals surface area contributed by atoms with Crippen LogP contribution in [0.4, 0.5) is 23.0 Å². The van der Waals surface area contributed by atoms with Crippen LogP contribution in [-0.2, 0) is 4.74 Å². The summed E-state index contributed by atoms with van der Waals surface area (Å²) in [7, 11) is 2.10. The minimum absolute atomic E-state index is 0.0796. The van der Waals surface area contributed by atoms with E-state index < -0.39 is 0 Å². The quantitative estimate of drug-likeness (QED) is 0.433. The molecule has 7 rings (SSSR count). The lowest BCUT2D eigenvalue weighted by molar-refractivity contribution is 0.0974. The number of oxazole rings is 1. The zero-order valence-corrected chi connectivity index (χ0v) is 21.1. The largest absolute Gasteiger partial charge is 0.445 e. The van der Waals surface area contributed by atoms with E-state index in [-0.39, 0.29) is 17.6 Å². The number of aromatic amines is 1. The van der Waals surface area contributed by atoms with Gasteiger partial charge in [-0.1, -0.05) is 0 Å². The number of hydrogen-bond donors (Lipinski definition) is 2. The van der Waals surface area contributed by atoms with Gasteiger partial charge in [0.2, 0.25) is 5.89 Å². The molecule has 3 N–H and O–H groups in total. The van der Waals surface area contributed by atoms with Crippen molar-refractivity contribution in [3.63, 3.8) is 0 Å². The van der Waals surface area contributed by atoms with E-state index in [4.69, 9.17) is 24.9 Å². The predicted molar refractivity (Wildman–Crippen MR) is 141 cm³/mol. The van der Waals surface area contributed by atoms with E-state index in [9.17, 15) is 0 Å². The van der Waals surface area contributed by atoms with E-state index in [1.165, 1.54) is 0 Å². The van der Waals surface area contributed by atoms with E-state index in [0.717, 1.165) is 79.7 Å². The topological polar surface area (TPSA) is 125 Å². The van der Waals surface area contributed by atoms with Crippen molar-refractivity contribution in [1.82, 2.24) is 25.1 Å². The summed E-state index contributed by atoms with van der Waals surface area (Å²) in [5.41, 5.74) is 11.1. The van der Waals surface area contributed by atoms with Gasteiger partial charge in [0, 0.05) is 50.2 Å². The Bertz CT molecular complexity index is 1430. The number of nitrogens with zero attached hydrogens (tertiary/aromatic N) is 7. The fraction of sp³-hybridized carbons (Fsp3) is 0.462. The first-order valence-corrected chi connectivity index (χ1v) is 12.9. The lowest BCUT2D eigenvalue weighted by Crippen LogP contribution is -2.50. The van der Waals surface area contributed by atoms with E-state index in [1.54, 1.807) is 12.5 Å². The molecule has 3 aliphatic heterocycles. The first-order valence-electron chi connectivity index (χ1n) is 12.9. The Morgan fingerprint density at radius 1 is 1.11 bits per heavy atom. The zero-order chi connectivity index (χ0) is 25.1. The molecule has 0 bridgehead atoms. The maximum absolute atomic E-state index is 6.50. The summed E-state index contributed by atoms with van der Waals surface area (Å²) >= 11 is 0. The van der Waals surface area contributed by atoms with Gasteiger partial charge in [0.15, 0.2) is 17.0 Å². The molecule has 0 radical (unpaired) electrons. The zero-order valence-electron chi connectivity index (χ0n) is 21.1. The monoisotopic (exact) mass is 501 g/mol. The van der Waals surface area contributed by atoms with Gasteiger partial charge in [-0.15, -0.1) is 0 Å². The summed E-state index contributed by atoms with van der Waals surface area (Å²) in [6, 6.07) is 6.32. The van der Waals surface area contributed by atoms with Crippen LogP contribution in [0.5, 0.6) is 0 Å². The summed E-state index contributed by atoms with van der Waals surface area (Å²) in [5, 5.41) is 7.78. The van der Waals surface area contributed by atoms with Crippen LogP contribution in [0.1, 0.15) is 19.8 Å². The van der Waals surface area contributed by atoms with E-state index in [0.29, 0.717) is 11.5 Å². The van der Waals surface area contributed by atoms with Crippen molar-refractivity contribution in [2.75, 3.05) is 54.5 Å². The number of hydrogen-bond acceptors (Lipinski definition) is 10. The molecule has 2 saturated heterocycles. The van der Waals surface area contributed by atoms with Crippen LogP contribution in [0.25, 0.3) is 22.6 Å². The molecule has 0 aliphatic carbocycles. The fourth-order valence-electron chi connectivity index (χ4n) is 6.04. The average Bonchev–Trinajstić information content (AvgIpc) is 3.67. The Labute approximate surface area is 214 Å².